The maximum absolute atomic E-state index is 12.6. The zero-order valence-electron chi connectivity index (χ0n) is 12.0. The number of halogens is 2. The van der Waals surface area contributed by atoms with E-state index < -0.39 is 16.1 Å². The van der Waals surface area contributed by atoms with E-state index in [1.54, 1.807) is 37.3 Å². The van der Waals surface area contributed by atoms with Crippen LogP contribution < -0.4 is 9.46 Å². The lowest BCUT2D eigenvalue weighted by molar-refractivity contribution is 0.402. The van der Waals surface area contributed by atoms with Crippen LogP contribution in [0.2, 0.25) is 5.02 Å². The summed E-state index contributed by atoms with van der Waals surface area (Å²) in [5.74, 6) is 0.286. The summed E-state index contributed by atoms with van der Waals surface area (Å²) in [6, 6.07) is 11.5. The van der Waals surface area contributed by atoms with Crippen molar-refractivity contribution in [3.63, 3.8) is 0 Å². The molecule has 0 bridgehead atoms. The molecule has 2 aromatic carbocycles. The van der Waals surface area contributed by atoms with E-state index >= 15 is 0 Å². The Kier molecular flexibility index (Phi) is 5.50. The van der Waals surface area contributed by atoms with Crippen molar-refractivity contribution in [3.05, 3.63) is 57.5 Å². The molecule has 2 rings (SSSR count). The van der Waals surface area contributed by atoms with Crippen LogP contribution in [0.1, 0.15) is 18.5 Å². The number of sulfonamides is 1. The minimum Gasteiger partial charge on any atom is -0.495 e. The predicted molar refractivity (Wildman–Crippen MR) is 90.9 cm³/mol. The van der Waals surface area contributed by atoms with E-state index in [0.29, 0.717) is 9.50 Å². The van der Waals surface area contributed by atoms with Crippen LogP contribution >= 0.6 is 27.5 Å². The molecule has 0 radical (unpaired) electrons. The molecule has 7 heteroatoms. The van der Waals surface area contributed by atoms with E-state index in [2.05, 4.69) is 20.7 Å². The summed E-state index contributed by atoms with van der Waals surface area (Å²) >= 11 is 9.22. The Morgan fingerprint density at radius 2 is 1.95 bits per heavy atom. The minimum absolute atomic E-state index is 0.0817. The van der Waals surface area contributed by atoms with Crippen molar-refractivity contribution in [3.8, 4) is 5.75 Å². The molecule has 0 saturated carbocycles. The SMILES string of the molecule is COc1ccc(Br)cc1S(=O)(=O)N[C@H](C)c1cccc(Cl)c1. The summed E-state index contributed by atoms with van der Waals surface area (Å²) in [6.07, 6.45) is 0. The molecule has 0 fully saturated rings. The van der Waals surface area contributed by atoms with Crippen molar-refractivity contribution in [1.82, 2.24) is 4.72 Å². The Labute approximate surface area is 143 Å². The fraction of sp³-hybridized carbons (Fsp3) is 0.200. The Hall–Kier alpha value is -1.08. The molecule has 0 aromatic heterocycles. The highest BCUT2D eigenvalue weighted by molar-refractivity contribution is 9.10. The molecule has 0 spiro atoms. The monoisotopic (exact) mass is 403 g/mol. The second-order valence-electron chi connectivity index (χ2n) is 4.69. The van der Waals surface area contributed by atoms with Crippen molar-refractivity contribution < 1.29 is 13.2 Å². The van der Waals surface area contributed by atoms with Gasteiger partial charge in [-0.05, 0) is 42.8 Å². The molecular formula is C15H15BrClNO3S. The van der Waals surface area contributed by atoms with Crippen LogP contribution in [0.3, 0.4) is 0 Å². The molecule has 0 aliphatic rings. The molecule has 2 aromatic rings. The Balaban J connectivity index is 2.33. The summed E-state index contributed by atoms with van der Waals surface area (Å²) in [5, 5.41) is 0.559. The van der Waals surface area contributed by atoms with Gasteiger partial charge in [-0.25, -0.2) is 13.1 Å². The Morgan fingerprint density at radius 1 is 1.23 bits per heavy atom. The fourth-order valence-corrected chi connectivity index (χ4v) is 4.14. The van der Waals surface area contributed by atoms with Gasteiger partial charge in [0, 0.05) is 15.5 Å². The maximum Gasteiger partial charge on any atom is 0.244 e. The van der Waals surface area contributed by atoms with Gasteiger partial charge in [0.25, 0.3) is 0 Å². The third kappa shape index (κ3) is 4.01. The van der Waals surface area contributed by atoms with Gasteiger partial charge in [-0.15, -0.1) is 0 Å². The lowest BCUT2D eigenvalue weighted by Gasteiger charge is -2.16. The van der Waals surface area contributed by atoms with Gasteiger partial charge in [-0.1, -0.05) is 39.7 Å². The van der Waals surface area contributed by atoms with Crippen LogP contribution in [0.25, 0.3) is 0 Å². The van der Waals surface area contributed by atoms with Crippen LogP contribution in [0.5, 0.6) is 5.75 Å². The van der Waals surface area contributed by atoms with E-state index in [-0.39, 0.29) is 10.6 Å². The summed E-state index contributed by atoms with van der Waals surface area (Å²) < 4.78 is 33.6. The minimum atomic E-state index is -3.73. The Bertz CT molecular complexity index is 780. The topological polar surface area (TPSA) is 55.4 Å². The van der Waals surface area contributed by atoms with Crippen LogP contribution in [0.4, 0.5) is 0 Å². The van der Waals surface area contributed by atoms with Gasteiger partial charge < -0.3 is 4.74 Å². The van der Waals surface area contributed by atoms with E-state index in [1.807, 2.05) is 6.07 Å². The van der Waals surface area contributed by atoms with Crippen LogP contribution in [-0.2, 0) is 10.0 Å². The number of rotatable bonds is 5. The van der Waals surface area contributed by atoms with Gasteiger partial charge >= 0.3 is 0 Å². The third-order valence-corrected chi connectivity index (χ3v) is 5.39. The molecule has 1 atom stereocenters. The van der Waals surface area contributed by atoms with E-state index in [0.717, 1.165) is 5.56 Å². The second kappa shape index (κ2) is 7.00. The molecule has 0 saturated heterocycles. The molecule has 0 aliphatic carbocycles. The molecule has 0 heterocycles. The summed E-state index contributed by atoms with van der Waals surface area (Å²) in [5.41, 5.74) is 0.782. The van der Waals surface area contributed by atoms with Gasteiger partial charge in [0.2, 0.25) is 10.0 Å². The highest BCUT2D eigenvalue weighted by atomic mass is 79.9. The predicted octanol–water partition coefficient (Wildman–Crippen LogP) is 4.15. The van der Waals surface area contributed by atoms with Crippen LogP contribution in [-0.4, -0.2) is 15.5 Å². The highest BCUT2D eigenvalue weighted by Gasteiger charge is 2.22. The molecule has 0 aliphatic heterocycles. The van der Waals surface area contributed by atoms with E-state index in [1.165, 1.54) is 13.2 Å². The smallest absolute Gasteiger partial charge is 0.244 e. The van der Waals surface area contributed by atoms with E-state index in [4.69, 9.17) is 16.3 Å². The van der Waals surface area contributed by atoms with Crippen molar-refractivity contribution in [2.24, 2.45) is 0 Å². The number of hydrogen-bond donors (Lipinski definition) is 1. The first-order chi connectivity index (χ1) is 10.3. The second-order valence-corrected chi connectivity index (χ2v) is 7.73. The van der Waals surface area contributed by atoms with Crippen molar-refractivity contribution in [2.45, 2.75) is 17.9 Å². The Morgan fingerprint density at radius 3 is 2.59 bits per heavy atom. The van der Waals surface area contributed by atoms with Crippen LogP contribution in [0, 0.1) is 0 Å². The number of hydrogen-bond acceptors (Lipinski definition) is 3. The quantitative estimate of drug-likeness (QED) is 0.814. The molecule has 118 valence electrons. The first-order valence-electron chi connectivity index (χ1n) is 6.45. The zero-order valence-corrected chi connectivity index (χ0v) is 15.2. The first kappa shape index (κ1) is 17.3. The largest absolute Gasteiger partial charge is 0.495 e. The number of nitrogens with one attached hydrogen (secondary N) is 1. The highest BCUT2D eigenvalue weighted by Crippen LogP contribution is 2.28. The van der Waals surface area contributed by atoms with E-state index in [9.17, 15) is 8.42 Å². The van der Waals surface area contributed by atoms with Gasteiger partial charge in [0.05, 0.1) is 7.11 Å². The summed E-state index contributed by atoms with van der Waals surface area (Å²) in [4.78, 5) is 0.0817. The lowest BCUT2D eigenvalue weighted by atomic mass is 10.1. The summed E-state index contributed by atoms with van der Waals surface area (Å²) in [7, 11) is -2.30. The van der Waals surface area contributed by atoms with Crippen molar-refractivity contribution >= 4 is 37.6 Å². The number of ether oxygens (including phenoxy) is 1. The average molecular weight is 405 g/mol. The first-order valence-corrected chi connectivity index (χ1v) is 9.10. The normalized spacial score (nSPS) is 12.9. The molecule has 22 heavy (non-hydrogen) atoms. The van der Waals surface area contributed by atoms with Gasteiger partial charge in [-0.3, -0.25) is 0 Å². The fourth-order valence-electron chi connectivity index (χ4n) is 2.00. The van der Waals surface area contributed by atoms with Crippen molar-refractivity contribution in [2.75, 3.05) is 7.11 Å². The third-order valence-electron chi connectivity index (χ3n) is 3.10. The molecule has 0 unspecified atom stereocenters. The number of methoxy groups -OCH3 is 1. The molecule has 0 amide bonds. The van der Waals surface area contributed by atoms with Gasteiger partial charge in [0.15, 0.2) is 0 Å². The molecular weight excluding hydrogens is 390 g/mol. The average Bonchev–Trinajstić information content (AvgIpc) is 2.46. The van der Waals surface area contributed by atoms with Crippen molar-refractivity contribution in [1.29, 1.82) is 0 Å². The van der Waals surface area contributed by atoms with Gasteiger partial charge in [0.1, 0.15) is 10.6 Å². The van der Waals surface area contributed by atoms with Crippen LogP contribution in [0.15, 0.2) is 51.8 Å². The maximum atomic E-state index is 12.6. The summed E-state index contributed by atoms with van der Waals surface area (Å²) in [6.45, 7) is 1.76. The lowest BCUT2D eigenvalue weighted by Crippen LogP contribution is -2.27. The van der Waals surface area contributed by atoms with Gasteiger partial charge in [-0.2, -0.15) is 0 Å². The standard InChI is InChI=1S/C15H15BrClNO3S/c1-10(11-4-3-5-13(17)8-11)18-22(19,20)15-9-12(16)6-7-14(15)21-2/h3-10,18H,1-2H3/t10-/m1/s1. The molecule has 1 N–H and O–H groups in total. The molecule has 4 nitrogen and oxygen atoms in total. The zero-order chi connectivity index (χ0) is 16.3. The number of benzene rings is 2.